The summed E-state index contributed by atoms with van der Waals surface area (Å²) in [5, 5.41) is 11.3. The molecule has 2 heterocycles. The zero-order valence-electron chi connectivity index (χ0n) is 26.1. The first kappa shape index (κ1) is 26.8. The second-order valence-electron chi connectivity index (χ2n) is 12.5. The molecule has 10 aromatic rings. The van der Waals surface area contributed by atoms with Gasteiger partial charge in [-0.2, -0.15) is 0 Å². The van der Waals surface area contributed by atoms with Crippen LogP contribution >= 0.6 is 0 Å². The van der Waals surface area contributed by atoms with Gasteiger partial charge in [0.05, 0.1) is 0 Å². The SMILES string of the molecule is C=Cc1ccccc1C(=C)c1c2ccccc2c(-c2ccc3oc4c(ccc5ccc6oc7ccccc7c6c54)c3c2)c2ccccc12. The molecule has 10 rings (SSSR count). The van der Waals surface area contributed by atoms with E-state index < -0.39 is 0 Å². The van der Waals surface area contributed by atoms with Crippen LogP contribution in [0.15, 0.2) is 162 Å². The Labute approximate surface area is 276 Å². The number of rotatable bonds is 4. The van der Waals surface area contributed by atoms with E-state index >= 15 is 0 Å². The summed E-state index contributed by atoms with van der Waals surface area (Å²) in [4.78, 5) is 0. The van der Waals surface area contributed by atoms with Gasteiger partial charge in [-0.15, -0.1) is 0 Å². The Morgan fingerprint density at radius 2 is 1.12 bits per heavy atom. The quantitative estimate of drug-likeness (QED) is 0.185. The third-order valence-electron chi connectivity index (χ3n) is 9.99. The van der Waals surface area contributed by atoms with Crippen LogP contribution in [0.1, 0.15) is 16.7 Å². The fourth-order valence-corrected chi connectivity index (χ4v) is 7.86. The van der Waals surface area contributed by atoms with Crippen LogP contribution in [0.3, 0.4) is 0 Å². The first-order valence-electron chi connectivity index (χ1n) is 16.2. The van der Waals surface area contributed by atoms with E-state index in [1.807, 2.05) is 24.3 Å². The third-order valence-corrected chi connectivity index (χ3v) is 9.99. The lowest BCUT2D eigenvalue weighted by Crippen LogP contribution is -1.96. The molecule has 2 aromatic heterocycles. The Morgan fingerprint density at radius 1 is 0.500 bits per heavy atom. The van der Waals surface area contributed by atoms with Gasteiger partial charge in [0, 0.05) is 26.9 Å². The highest BCUT2D eigenvalue weighted by Gasteiger charge is 2.21. The average Bonchev–Trinajstić information content (AvgIpc) is 3.71. The van der Waals surface area contributed by atoms with Crippen molar-refractivity contribution in [2.45, 2.75) is 0 Å². The number of fused-ring (bicyclic) bond motifs is 11. The predicted molar refractivity (Wildman–Crippen MR) is 204 cm³/mol. The van der Waals surface area contributed by atoms with E-state index in [4.69, 9.17) is 8.83 Å². The summed E-state index contributed by atoms with van der Waals surface area (Å²) in [5.41, 5.74) is 10.2. The highest BCUT2D eigenvalue weighted by molar-refractivity contribution is 6.28. The van der Waals surface area contributed by atoms with Crippen molar-refractivity contribution in [3.05, 3.63) is 169 Å². The van der Waals surface area contributed by atoms with Gasteiger partial charge in [-0.25, -0.2) is 0 Å². The van der Waals surface area contributed by atoms with Gasteiger partial charge in [-0.05, 0) is 90.7 Å². The van der Waals surface area contributed by atoms with Crippen molar-refractivity contribution >= 4 is 87.8 Å². The van der Waals surface area contributed by atoms with Gasteiger partial charge in [0.15, 0.2) is 0 Å². The van der Waals surface area contributed by atoms with Crippen LogP contribution in [0.5, 0.6) is 0 Å². The molecule has 0 spiro atoms. The Morgan fingerprint density at radius 3 is 1.90 bits per heavy atom. The van der Waals surface area contributed by atoms with Gasteiger partial charge in [0.2, 0.25) is 0 Å². The van der Waals surface area contributed by atoms with Gasteiger partial charge >= 0.3 is 0 Å². The maximum Gasteiger partial charge on any atom is 0.144 e. The molecule has 0 aliphatic carbocycles. The number of hydrogen-bond acceptors (Lipinski definition) is 2. The zero-order valence-corrected chi connectivity index (χ0v) is 26.1. The molecule has 0 N–H and O–H groups in total. The van der Waals surface area contributed by atoms with E-state index in [1.165, 1.54) is 27.1 Å². The summed E-state index contributed by atoms with van der Waals surface area (Å²) in [6.07, 6.45) is 1.91. The van der Waals surface area contributed by atoms with Crippen LogP contribution in [0, 0.1) is 0 Å². The molecule has 0 aliphatic heterocycles. The molecule has 0 bridgehead atoms. The van der Waals surface area contributed by atoms with E-state index in [0.29, 0.717) is 0 Å². The molecule has 224 valence electrons. The Bertz CT molecular complexity index is 2930. The molecular formula is C46H28O2. The monoisotopic (exact) mass is 612 g/mol. The molecule has 0 aliphatic rings. The fourth-order valence-electron chi connectivity index (χ4n) is 7.86. The lowest BCUT2D eigenvalue weighted by Gasteiger charge is -2.19. The maximum atomic E-state index is 6.72. The maximum absolute atomic E-state index is 6.72. The van der Waals surface area contributed by atoms with Crippen molar-refractivity contribution in [1.82, 2.24) is 0 Å². The van der Waals surface area contributed by atoms with Crippen molar-refractivity contribution in [3.63, 3.8) is 0 Å². The number of benzene rings is 8. The van der Waals surface area contributed by atoms with E-state index in [0.717, 1.165) is 82.5 Å². The van der Waals surface area contributed by atoms with Gasteiger partial charge in [-0.3, -0.25) is 0 Å². The van der Waals surface area contributed by atoms with Crippen LogP contribution in [-0.2, 0) is 0 Å². The third kappa shape index (κ3) is 3.69. The summed E-state index contributed by atoms with van der Waals surface area (Å²) >= 11 is 0. The average molecular weight is 613 g/mol. The topological polar surface area (TPSA) is 26.3 Å². The van der Waals surface area contributed by atoms with Gasteiger partial charge in [0.25, 0.3) is 0 Å². The van der Waals surface area contributed by atoms with Crippen LogP contribution in [0.25, 0.3) is 99.0 Å². The predicted octanol–water partition coefficient (Wildman–Crippen LogP) is 13.3. The number of furan rings is 2. The number of para-hydroxylation sites is 1. The van der Waals surface area contributed by atoms with Crippen LogP contribution in [0.4, 0.5) is 0 Å². The Balaban J connectivity index is 1.26. The van der Waals surface area contributed by atoms with E-state index in [9.17, 15) is 0 Å². The van der Waals surface area contributed by atoms with E-state index in [1.54, 1.807) is 0 Å². The summed E-state index contributed by atoms with van der Waals surface area (Å²) < 4.78 is 13.0. The van der Waals surface area contributed by atoms with E-state index in [2.05, 4.69) is 134 Å². The van der Waals surface area contributed by atoms with Crippen molar-refractivity contribution < 1.29 is 8.83 Å². The largest absolute Gasteiger partial charge is 0.456 e. The molecule has 0 saturated heterocycles. The Kier molecular flexibility index (Phi) is 5.62. The van der Waals surface area contributed by atoms with E-state index in [-0.39, 0.29) is 0 Å². The summed E-state index contributed by atoms with van der Waals surface area (Å²) in [6.45, 7) is 8.75. The molecule has 0 amide bonds. The molecule has 0 atom stereocenters. The summed E-state index contributed by atoms with van der Waals surface area (Å²) in [5.74, 6) is 0. The standard InChI is InChI=1S/C46H28O2/c1-3-28-12-4-5-13-31(28)27(2)42-32-14-6-8-16-34(32)43(35-17-9-7-15-33(35)42)30-22-24-40-38(26-30)36-23-20-29-21-25-41-45(44(29)46(36)48-40)37-18-10-11-19-39(37)47-41/h3-26H,1-2H2. The summed E-state index contributed by atoms with van der Waals surface area (Å²) in [6, 6.07) is 49.2. The van der Waals surface area contributed by atoms with Crippen LogP contribution in [-0.4, -0.2) is 0 Å². The molecule has 0 unspecified atom stereocenters. The van der Waals surface area contributed by atoms with Gasteiger partial charge in [-0.1, -0.05) is 128 Å². The highest BCUT2D eigenvalue weighted by Crippen LogP contribution is 2.46. The van der Waals surface area contributed by atoms with Crippen LogP contribution < -0.4 is 0 Å². The molecule has 0 saturated carbocycles. The van der Waals surface area contributed by atoms with Crippen molar-refractivity contribution in [2.75, 3.05) is 0 Å². The molecule has 2 nitrogen and oxygen atoms in total. The molecule has 2 heteroatoms. The molecular weight excluding hydrogens is 585 g/mol. The van der Waals surface area contributed by atoms with Crippen LogP contribution in [0.2, 0.25) is 0 Å². The first-order chi connectivity index (χ1) is 23.7. The normalized spacial score (nSPS) is 11.9. The van der Waals surface area contributed by atoms with Gasteiger partial charge in [0.1, 0.15) is 22.3 Å². The van der Waals surface area contributed by atoms with Crippen molar-refractivity contribution in [3.8, 4) is 11.1 Å². The number of hydrogen-bond donors (Lipinski definition) is 0. The second-order valence-corrected chi connectivity index (χ2v) is 12.5. The lowest BCUT2D eigenvalue weighted by atomic mass is 9.83. The van der Waals surface area contributed by atoms with Crippen molar-refractivity contribution in [1.29, 1.82) is 0 Å². The Hall–Kier alpha value is -6.38. The lowest BCUT2D eigenvalue weighted by molar-refractivity contribution is 0.668. The molecule has 48 heavy (non-hydrogen) atoms. The first-order valence-corrected chi connectivity index (χ1v) is 16.2. The van der Waals surface area contributed by atoms with Crippen molar-refractivity contribution in [2.24, 2.45) is 0 Å². The summed E-state index contributed by atoms with van der Waals surface area (Å²) in [7, 11) is 0. The molecule has 0 fully saturated rings. The highest BCUT2D eigenvalue weighted by atomic mass is 16.3. The van der Waals surface area contributed by atoms with Gasteiger partial charge < -0.3 is 8.83 Å². The molecule has 8 aromatic carbocycles. The fraction of sp³-hybridized carbons (Fsp3) is 0. The molecule has 0 radical (unpaired) electrons. The zero-order chi connectivity index (χ0) is 31.9. The minimum absolute atomic E-state index is 0.866. The minimum atomic E-state index is 0.866. The minimum Gasteiger partial charge on any atom is -0.456 e. The second kappa shape index (κ2) is 10.1. The smallest absolute Gasteiger partial charge is 0.144 e.